The average molecular weight is 225 g/mol. The first-order chi connectivity index (χ1) is 7.59. The smallest absolute Gasteiger partial charge is 0.300 e. The molecule has 0 amide bonds. The van der Waals surface area contributed by atoms with E-state index < -0.39 is 22.2 Å². The van der Waals surface area contributed by atoms with Crippen LogP contribution >= 0.6 is 0 Å². The van der Waals surface area contributed by atoms with E-state index in [2.05, 4.69) is 4.98 Å². The summed E-state index contributed by atoms with van der Waals surface area (Å²) in [6, 6.07) is 1.35. The summed E-state index contributed by atoms with van der Waals surface area (Å²) in [5.74, 6) is -2.10. The topological polar surface area (TPSA) is 61.0 Å². The number of aromatic nitrogens is 2. The standard InChI is InChI=1S/C9H5F2N3O2/c10-6-3-7(11)9(14(15)16)8(4-6)13-2-1-12-5-13/h1-5H. The summed E-state index contributed by atoms with van der Waals surface area (Å²) in [4.78, 5) is 13.4. The van der Waals surface area contributed by atoms with E-state index in [0.717, 1.165) is 6.07 Å². The summed E-state index contributed by atoms with van der Waals surface area (Å²) >= 11 is 0. The molecule has 0 aliphatic carbocycles. The molecular formula is C9H5F2N3O2. The molecule has 5 nitrogen and oxygen atoms in total. The van der Waals surface area contributed by atoms with Crippen LogP contribution in [0.2, 0.25) is 0 Å². The van der Waals surface area contributed by atoms with Crippen LogP contribution in [0.15, 0.2) is 30.9 Å². The summed E-state index contributed by atoms with van der Waals surface area (Å²) in [6.45, 7) is 0. The largest absolute Gasteiger partial charge is 0.328 e. The third-order valence-corrected chi connectivity index (χ3v) is 1.97. The Morgan fingerprint density at radius 1 is 1.38 bits per heavy atom. The Balaban J connectivity index is 2.72. The molecule has 0 unspecified atom stereocenters. The van der Waals surface area contributed by atoms with Gasteiger partial charge in [0.2, 0.25) is 5.82 Å². The molecule has 82 valence electrons. The molecule has 1 aromatic carbocycles. The van der Waals surface area contributed by atoms with E-state index in [0.29, 0.717) is 6.07 Å². The van der Waals surface area contributed by atoms with Gasteiger partial charge in [-0.05, 0) is 0 Å². The fraction of sp³-hybridized carbons (Fsp3) is 0. The predicted molar refractivity (Wildman–Crippen MR) is 50.1 cm³/mol. The molecule has 1 heterocycles. The van der Waals surface area contributed by atoms with E-state index in [1.165, 1.54) is 23.3 Å². The van der Waals surface area contributed by atoms with Crippen LogP contribution in [0.25, 0.3) is 5.69 Å². The van der Waals surface area contributed by atoms with Crippen molar-refractivity contribution in [3.63, 3.8) is 0 Å². The van der Waals surface area contributed by atoms with E-state index in [-0.39, 0.29) is 5.69 Å². The lowest BCUT2D eigenvalue weighted by atomic mass is 10.2. The second-order valence-corrected chi connectivity index (χ2v) is 2.98. The number of nitro groups is 1. The van der Waals surface area contributed by atoms with Gasteiger partial charge in [0.1, 0.15) is 11.5 Å². The number of hydrogen-bond donors (Lipinski definition) is 0. The molecule has 7 heteroatoms. The highest BCUT2D eigenvalue weighted by atomic mass is 19.1. The lowest BCUT2D eigenvalue weighted by Gasteiger charge is -2.04. The van der Waals surface area contributed by atoms with Gasteiger partial charge in [-0.25, -0.2) is 9.37 Å². The van der Waals surface area contributed by atoms with Crippen LogP contribution in [0.4, 0.5) is 14.5 Å². The molecule has 0 aliphatic heterocycles. The molecule has 0 saturated carbocycles. The second-order valence-electron chi connectivity index (χ2n) is 2.98. The van der Waals surface area contributed by atoms with Gasteiger partial charge in [-0.15, -0.1) is 0 Å². The normalized spacial score (nSPS) is 10.4. The van der Waals surface area contributed by atoms with Crippen molar-refractivity contribution in [2.24, 2.45) is 0 Å². The zero-order valence-electron chi connectivity index (χ0n) is 7.80. The molecule has 0 spiro atoms. The van der Waals surface area contributed by atoms with E-state index in [4.69, 9.17) is 0 Å². The number of nitro benzene ring substituents is 1. The minimum atomic E-state index is -1.21. The van der Waals surface area contributed by atoms with Gasteiger partial charge in [0.05, 0.1) is 11.3 Å². The number of benzene rings is 1. The number of halogens is 2. The fourth-order valence-corrected chi connectivity index (χ4v) is 1.33. The summed E-state index contributed by atoms with van der Waals surface area (Å²) < 4.78 is 27.4. The highest BCUT2D eigenvalue weighted by molar-refractivity contribution is 5.53. The van der Waals surface area contributed by atoms with Crippen LogP contribution in [0.5, 0.6) is 0 Å². The Morgan fingerprint density at radius 3 is 2.69 bits per heavy atom. The molecule has 0 aliphatic rings. The first-order valence-corrected chi connectivity index (χ1v) is 4.21. The Hall–Kier alpha value is -2.31. The van der Waals surface area contributed by atoms with Gasteiger partial charge in [0, 0.05) is 24.5 Å². The fourth-order valence-electron chi connectivity index (χ4n) is 1.33. The minimum Gasteiger partial charge on any atom is -0.300 e. The van der Waals surface area contributed by atoms with Crippen molar-refractivity contribution in [2.45, 2.75) is 0 Å². The maximum Gasteiger partial charge on any atom is 0.328 e. The maximum absolute atomic E-state index is 13.2. The lowest BCUT2D eigenvalue weighted by Crippen LogP contribution is -2.02. The zero-order valence-corrected chi connectivity index (χ0v) is 7.80. The van der Waals surface area contributed by atoms with Gasteiger partial charge in [-0.2, -0.15) is 4.39 Å². The Morgan fingerprint density at radius 2 is 2.12 bits per heavy atom. The quantitative estimate of drug-likeness (QED) is 0.580. The number of hydrogen-bond acceptors (Lipinski definition) is 3. The molecule has 1 aromatic heterocycles. The van der Waals surface area contributed by atoms with Gasteiger partial charge in [0.25, 0.3) is 0 Å². The van der Waals surface area contributed by atoms with Crippen molar-refractivity contribution in [1.29, 1.82) is 0 Å². The van der Waals surface area contributed by atoms with Gasteiger partial charge >= 0.3 is 5.69 Å². The summed E-state index contributed by atoms with van der Waals surface area (Å²) in [5, 5.41) is 10.7. The van der Waals surface area contributed by atoms with Crippen molar-refractivity contribution in [2.75, 3.05) is 0 Å². The Bertz CT molecular complexity index is 540. The SMILES string of the molecule is O=[N+]([O-])c1c(F)cc(F)cc1-n1ccnc1. The van der Waals surface area contributed by atoms with Gasteiger partial charge in [-0.1, -0.05) is 0 Å². The first kappa shape index (κ1) is 10.2. The van der Waals surface area contributed by atoms with Crippen LogP contribution in [-0.2, 0) is 0 Å². The lowest BCUT2D eigenvalue weighted by molar-refractivity contribution is -0.387. The Labute approximate surface area is 88.1 Å². The summed E-state index contributed by atoms with van der Waals surface area (Å²) in [5.41, 5.74) is -0.973. The van der Waals surface area contributed by atoms with Gasteiger partial charge < -0.3 is 4.57 Å². The highest BCUT2D eigenvalue weighted by Gasteiger charge is 2.22. The minimum absolute atomic E-state index is 0.194. The number of rotatable bonds is 2. The molecule has 0 N–H and O–H groups in total. The molecule has 2 aromatic rings. The third-order valence-electron chi connectivity index (χ3n) is 1.97. The Kier molecular flexibility index (Phi) is 2.35. The molecule has 0 saturated heterocycles. The third kappa shape index (κ3) is 1.62. The van der Waals surface area contributed by atoms with Crippen molar-refractivity contribution < 1.29 is 13.7 Å². The predicted octanol–water partition coefficient (Wildman–Crippen LogP) is 2.06. The summed E-state index contributed by atoms with van der Waals surface area (Å²) in [7, 11) is 0. The van der Waals surface area contributed by atoms with E-state index in [9.17, 15) is 18.9 Å². The van der Waals surface area contributed by atoms with Crippen molar-refractivity contribution in [3.8, 4) is 5.69 Å². The second kappa shape index (κ2) is 3.69. The zero-order chi connectivity index (χ0) is 11.7. The first-order valence-electron chi connectivity index (χ1n) is 4.21. The van der Waals surface area contributed by atoms with Crippen LogP contribution in [0.3, 0.4) is 0 Å². The number of nitrogens with zero attached hydrogens (tertiary/aromatic N) is 3. The molecule has 0 bridgehead atoms. The highest BCUT2D eigenvalue weighted by Crippen LogP contribution is 2.27. The molecule has 0 atom stereocenters. The number of imidazole rings is 1. The van der Waals surface area contributed by atoms with Gasteiger partial charge in [-0.3, -0.25) is 10.1 Å². The van der Waals surface area contributed by atoms with E-state index in [1.807, 2.05) is 0 Å². The molecule has 0 fully saturated rings. The summed E-state index contributed by atoms with van der Waals surface area (Å²) in [6.07, 6.45) is 3.94. The van der Waals surface area contributed by atoms with E-state index >= 15 is 0 Å². The van der Waals surface area contributed by atoms with Crippen molar-refractivity contribution >= 4 is 5.69 Å². The monoisotopic (exact) mass is 225 g/mol. The van der Waals surface area contributed by atoms with Crippen LogP contribution in [0.1, 0.15) is 0 Å². The molecule has 16 heavy (non-hydrogen) atoms. The van der Waals surface area contributed by atoms with Crippen LogP contribution < -0.4 is 0 Å². The van der Waals surface area contributed by atoms with Gasteiger partial charge in [0.15, 0.2) is 0 Å². The maximum atomic E-state index is 13.2. The average Bonchev–Trinajstić information content (AvgIpc) is 2.67. The van der Waals surface area contributed by atoms with Crippen molar-refractivity contribution in [3.05, 3.63) is 52.6 Å². The van der Waals surface area contributed by atoms with Crippen LogP contribution in [-0.4, -0.2) is 14.5 Å². The van der Waals surface area contributed by atoms with E-state index in [1.54, 1.807) is 0 Å². The molecule has 2 rings (SSSR count). The molecule has 0 radical (unpaired) electrons. The van der Waals surface area contributed by atoms with Crippen LogP contribution in [0, 0.1) is 21.7 Å². The molecular weight excluding hydrogens is 220 g/mol. The van der Waals surface area contributed by atoms with Crippen molar-refractivity contribution in [1.82, 2.24) is 9.55 Å².